The largest absolute Gasteiger partial charge is 0.443 e. The van der Waals surface area contributed by atoms with Crippen LogP contribution in [0.3, 0.4) is 0 Å². The van der Waals surface area contributed by atoms with Gasteiger partial charge in [0, 0.05) is 6.54 Å². The van der Waals surface area contributed by atoms with Crippen molar-refractivity contribution < 1.29 is 14.3 Å². The number of hydrogen-bond donors (Lipinski definition) is 0. The van der Waals surface area contributed by atoms with Crippen LogP contribution in [-0.4, -0.2) is 29.1 Å². The second kappa shape index (κ2) is 4.49. The van der Waals surface area contributed by atoms with Crippen molar-refractivity contribution in [1.29, 1.82) is 0 Å². The van der Waals surface area contributed by atoms with Gasteiger partial charge in [0.05, 0.1) is 0 Å². The summed E-state index contributed by atoms with van der Waals surface area (Å²) in [4.78, 5) is 23.7. The van der Waals surface area contributed by atoms with Gasteiger partial charge >= 0.3 is 6.09 Å². The van der Waals surface area contributed by atoms with E-state index < -0.39 is 11.7 Å². The maximum atomic E-state index is 11.7. The zero-order chi connectivity index (χ0) is 11.5. The van der Waals surface area contributed by atoms with Crippen molar-refractivity contribution in [2.75, 3.05) is 6.54 Å². The van der Waals surface area contributed by atoms with E-state index in [-0.39, 0.29) is 0 Å². The molecule has 0 radical (unpaired) electrons. The van der Waals surface area contributed by atoms with Crippen LogP contribution < -0.4 is 0 Å². The van der Waals surface area contributed by atoms with Crippen molar-refractivity contribution in [1.82, 2.24) is 4.90 Å². The molecular weight excluding hydrogens is 194 g/mol. The molecule has 84 valence electrons. The Labute approximate surface area is 89.9 Å². The molecule has 15 heavy (non-hydrogen) atoms. The lowest BCUT2D eigenvalue weighted by atomic mass is 10.1. The van der Waals surface area contributed by atoms with Crippen molar-refractivity contribution >= 4 is 12.0 Å². The van der Waals surface area contributed by atoms with Crippen LogP contribution in [0.5, 0.6) is 0 Å². The van der Waals surface area contributed by atoms with Gasteiger partial charge in [0.1, 0.15) is 17.2 Å². The predicted molar refractivity (Wildman–Crippen MR) is 56.0 cm³/mol. The summed E-state index contributed by atoms with van der Waals surface area (Å²) in [6.07, 6.45) is 2.01. The number of allylic oxidation sites excluding steroid dienone is 1. The fraction of sp³-hybridized carbons (Fsp3) is 0.727. The minimum absolute atomic E-state index is 0.413. The monoisotopic (exact) mass is 211 g/mol. The van der Waals surface area contributed by atoms with Crippen LogP contribution in [-0.2, 0) is 9.53 Å². The highest BCUT2D eigenvalue weighted by atomic mass is 16.6. The number of piperidine rings is 1. The molecule has 1 rings (SSSR count). The summed E-state index contributed by atoms with van der Waals surface area (Å²) in [6.45, 7) is 5.97. The van der Waals surface area contributed by atoms with Gasteiger partial charge in [-0.25, -0.2) is 9.59 Å². The van der Waals surface area contributed by atoms with E-state index in [9.17, 15) is 9.59 Å². The number of rotatable bonds is 0. The first kappa shape index (κ1) is 11.8. The zero-order valence-electron chi connectivity index (χ0n) is 9.50. The van der Waals surface area contributed by atoms with Gasteiger partial charge in [-0.3, -0.25) is 4.90 Å². The average molecular weight is 211 g/mol. The zero-order valence-corrected chi connectivity index (χ0v) is 9.50. The van der Waals surface area contributed by atoms with Crippen molar-refractivity contribution in [3.63, 3.8) is 0 Å². The quantitative estimate of drug-likeness (QED) is 0.576. The van der Waals surface area contributed by atoms with Gasteiger partial charge in [-0.1, -0.05) is 0 Å². The Morgan fingerprint density at radius 2 is 2.07 bits per heavy atom. The second-order valence-corrected chi connectivity index (χ2v) is 4.64. The molecule has 0 aromatic carbocycles. The molecule has 0 saturated carbocycles. The molecule has 0 aliphatic carbocycles. The van der Waals surface area contributed by atoms with E-state index in [0.29, 0.717) is 18.7 Å². The van der Waals surface area contributed by atoms with E-state index in [4.69, 9.17) is 4.74 Å². The summed E-state index contributed by atoms with van der Waals surface area (Å²) in [7, 11) is 0. The van der Waals surface area contributed by atoms with Crippen LogP contribution in [0.15, 0.2) is 5.70 Å². The first-order valence-corrected chi connectivity index (χ1v) is 5.18. The van der Waals surface area contributed by atoms with E-state index >= 15 is 0 Å². The minimum Gasteiger partial charge on any atom is -0.443 e. The van der Waals surface area contributed by atoms with Gasteiger partial charge in [-0.15, -0.1) is 0 Å². The molecule has 1 fully saturated rings. The summed E-state index contributed by atoms with van der Waals surface area (Å²) < 4.78 is 5.20. The number of nitrogens with zero attached hydrogens (tertiary/aromatic N) is 1. The summed E-state index contributed by atoms with van der Waals surface area (Å²) in [5.74, 6) is 1.81. The maximum Gasteiger partial charge on any atom is 0.415 e. The van der Waals surface area contributed by atoms with Crippen LogP contribution in [0.1, 0.15) is 40.0 Å². The van der Waals surface area contributed by atoms with Crippen molar-refractivity contribution in [3.05, 3.63) is 5.70 Å². The fourth-order valence-corrected chi connectivity index (χ4v) is 1.46. The van der Waals surface area contributed by atoms with E-state index in [2.05, 4.69) is 0 Å². The van der Waals surface area contributed by atoms with Crippen LogP contribution in [0, 0.1) is 0 Å². The van der Waals surface area contributed by atoms with Gasteiger partial charge in [0.2, 0.25) is 0 Å². The van der Waals surface area contributed by atoms with Gasteiger partial charge in [0.15, 0.2) is 0 Å². The highest BCUT2D eigenvalue weighted by molar-refractivity contribution is 5.74. The summed E-state index contributed by atoms with van der Waals surface area (Å²) in [5.41, 5.74) is -0.113. The molecule has 1 amide bonds. The highest BCUT2D eigenvalue weighted by Crippen LogP contribution is 2.20. The van der Waals surface area contributed by atoms with E-state index in [1.807, 2.05) is 5.94 Å². The Balaban J connectivity index is 2.69. The van der Waals surface area contributed by atoms with Gasteiger partial charge < -0.3 is 4.74 Å². The number of carbonyl (C=O) groups excluding carboxylic acids is 2. The Kier molecular flexibility index (Phi) is 3.53. The molecular formula is C11H17NO3. The first-order valence-electron chi connectivity index (χ1n) is 5.18. The van der Waals surface area contributed by atoms with E-state index in [1.54, 1.807) is 20.8 Å². The van der Waals surface area contributed by atoms with Crippen molar-refractivity contribution in [2.24, 2.45) is 0 Å². The topological polar surface area (TPSA) is 46.6 Å². The standard InChI is InChI=1S/C11H17NO3/c1-11(2,3)15-10(14)12-7-5-4-6-9(12)8-13/h4-7H2,1-3H3. The lowest BCUT2D eigenvalue weighted by Gasteiger charge is -2.30. The van der Waals surface area contributed by atoms with Crippen LogP contribution in [0.4, 0.5) is 4.79 Å². The Hall–Kier alpha value is -1.28. The summed E-state index contributed by atoms with van der Waals surface area (Å²) in [5, 5.41) is 0. The molecule has 0 aromatic heterocycles. The summed E-state index contributed by atoms with van der Waals surface area (Å²) in [6, 6.07) is 0. The Morgan fingerprint density at radius 1 is 1.40 bits per heavy atom. The molecule has 4 heteroatoms. The summed E-state index contributed by atoms with van der Waals surface area (Å²) >= 11 is 0. The molecule has 0 N–H and O–H groups in total. The van der Waals surface area contributed by atoms with Gasteiger partial charge in [0.25, 0.3) is 0 Å². The molecule has 1 aliphatic heterocycles. The third-order valence-electron chi connectivity index (χ3n) is 2.10. The molecule has 1 saturated heterocycles. The molecule has 1 heterocycles. The van der Waals surface area contributed by atoms with E-state index in [0.717, 1.165) is 12.8 Å². The third-order valence-corrected chi connectivity index (χ3v) is 2.10. The molecule has 0 aromatic rings. The van der Waals surface area contributed by atoms with E-state index in [1.165, 1.54) is 4.90 Å². The number of hydrogen-bond acceptors (Lipinski definition) is 3. The number of carbonyl (C=O) groups is 1. The van der Waals surface area contributed by atoms with Crippen molar-refractivity contribution in [2.45, 2.75) is 45.6 Å². The highest BCUT2D eigenvalue weighted by Gasteiger charge is 2.27. The molecule has 0 bridgehead atoms. The Morgan fingerprint density at radius 3 is 2.60 bits per heavy atom. The lowest BCUT2D eigenvalue weighted by Crippen LogP contribution is -2.38. The average Bonchev–Trinajstić information content (AvgIpc) is 2.15. The predicted octanol–water partition coefficient (Wildman–Crippen LogP) is 2.12. The van der Waals surface area contributed by atoms with Crippen molar-refractivity contribution in [3.8, 4) is 0 Å². The number of likely N-dealkylation sites (tertiary alicyclic amines) is 1. The molecule has 0 atom stereocenters. The molecule has 0 unspecified atom stereocenters. The second-order valence-electron chi connectivity index (χ2n) is 4.64. The third kappa shape index (κ3) is 3.40. The first-order chi connectivity index (χ1) is 6.94. The normalized spacial score (nSPS) is 17.3. The fourth-order valence-electron chi connectivity index (χ4n) is 1.46. The Bertz CT molecular complexity index is 297. The maximum absolute atomic E-state index is 11.7. The smallest absolute Gasteiger partial charge is 0.415 e. The SMILES string of the molecule is CC(C)(C)OC(=O)N1CCCCC1=C=O. The lowest BCUT2D eigenvalue weighted by molar-refractivity contribution is 0.0289. The van der Waals surface area contributed by atoms with Gasteiger partial charge in [-0.05, 0) is 40.0 Å². The molecule has 4 nitrogen and oxygen atoms in total. The molecule has 1 aliphatic rings. The van der Waals surface area contributed by atoms with Crippen LogP contribution in [0.25, 0.3) is 0 Å². The molecule has 0 spiro atoms. The van der Waals surface area contributed by atoms with Gasteiger partial charge in [-0.2, -0.15) is 0 Å². The number of ether oxygens (including phenoxy) is 1. The van der Waals surface area contributed by atoms with Crippen LogP contribution >= 0.6 is 0 Å². The van der Waals surface area contributed by atoms with Crippen LogP contribution in [0.2, 0.25) is 0 Å². The minimum atomic E-state index is -0.525. The number of amides is 1.